The lowest BCUT2D eigenvalue weighted by Gasteiger charge is -2.30. The first kappa shape index (κ1) is 11.5. The lowest BCUT2D eigenvalue weighted by molar-refractivity contribution is -0.126. The average molecular weight is 241 g/mol. The highest BCUT2D eigenvalue weighted by Crippen LogP contribution is 2.32. The number of hydrogen-bond acceptors (Lipinski definition) is 1. The zero-order chi connectivity index (χ0) is 12.4. The van der Waals surface area contributed by atoms with Gasteiger partial charge in [-0.15, -0.1) is 0 Å². The zero-order valence-electron chi connectivity index (χ0n) is 10.6. The summed E-state index contributed by atoms with van der Waals surface area (Å²) in [5.74, 6) is 0.229. The van der Waals surface area contributed by atoms with Crippen molar-refractivity contribution in [2.24, 2.45) is 0 Å². The van der Waals surface area contributed by atoms with E-state index in [2.05, 4.69) is 29.2 Å². The summed E-state index contributed by atoms with van der Waals surface area (Å²) in [4.78, 5) is 14.1. The van der Waals surface area contributed by atoms with Gasteiger partial charge in [-0.05, 0) is 36.8 Å². The van der Waals surface area contributed by atoms with E-state index in [1.807, 2.05) is 12.1 Å². The molecule has 1 unspecified atom stereocenters. The molecule has 1 saturated carbocycles. The van der Waals surface area contributed by atoms with Crippen molar-refractivity contribution in [1.29, 1.82) is 0 Å². The normalized spacial score (nSPS) is 22.9. The van der Waals surface area contributed by atoms with Crippen molar-refractivity contribution in [3.8, 4) is 0 Å². The zero-order valence-corrected chi connectivity index (χ0v) is 10.6. The number of carbonyl (C=O) groups is 1. The van der Waals surface area contributed by atoms with Gasteiger partial charge in [0.2, 0.25) is 5.91 Å². The Balaban J connectivity index is 1.65. The lowest BCUT2D eigenvalue weighted by Crippen LogP contribution is -2.37. The predicted molar refractivity (Wildman–Crippen MR) is 72.2 cm³/mol. The van der Waals surface area contributed by atoms with Crippen LogP contribution in [0.5, 0.6) is 0 Å². The molecule has 0 N–H and O–H groups in total. The van der Waals surface area contributed by atoms with E-state index in [0.717, 1.165) is 25.8 Å². The third-order valence-electron chi connectivity index (χ3n) is 4.07. The topological polar surface area (TPSA) is 20.3 Å². The first-order chi connectivity index (χ1) is 8.84. The van der Waals surface area contributed by atoms with Crippen LogP contribution in [0.1, 0.15) is 31.2 Å². The van der Waals surface area contributed by atoms with Crippen molar-refractivity contribution in [2.45, 2.75) is 38.1 Å². The monoisotopic (exact) mass is 241 g/mol. The van der Waals surface area contributed by atoms with Crippen LogP contribution in [0.25, 0.3) is 0 Å². The van der Waals surface area contributed by atoms with E-state index in [0.29, 0.717) is 6.04 Å². The number of nitrogens with zero attached hydrogens (tertiary/aromatic N) is 1. The van der Waals surface area contributed by atoms with Crippen LogP contribution < -0.4 is 0 Å². The number of amides is 1. The van der Waals surface area contributed by atoms with Gasteiger partial charge in [-0.3, -0.25) is 4.79 Å². The molecular formula is C16H19NO. The van der Waals surface area contributed by atoms with Gasteiger partial charge >= 0.3 is 0 Å². The van der Waals surface area contributed by atoms with E-state index in [1.165, 1.54) is 24.0 Å². The summed E-state index contributed by atoms with van der Waals surface area (Å²) in [6.07, 6.45) is 7.64. The van der Waals surface area contributed by atoms with Gasteiger partial charge in [0.25, 0.3) is 0 Å². The quantitative estimate of drug-likeness (QED) is 0.796. The van der Waals surface area contributed by atoms with Crippen molar-refractivity contribution in [3.63, 3.8) is 0 Å². The molecule has 3 rings (SSSR count). The van der Waals surface area contributed by atoms with Crippen LogP contribution in [0.4, 0.5) is 0 Å². The van der Waals surface area contributed by atoms with Crippen LogP contribution in [0.2, 0.25) is 0 Å². The van der Waals surface area contributed by atoms with Gasteiger partial charge in [-0.1, -0.05) is 36.8 Å². The minimum atomic E-state index is 0.229. The van der Waals surface area contributed by atoms with Crippen molar-refractivity contribution in [1.82, 2.24) is 4.90 Å². The summed E-state index contributed by atoms with van der Waals surface area (Å²) in [6, 6.07) is 10.8. The summed E-state index contributed by atoms with van der Waals surface area (Å²) in [7, 11) is 0. The van der Waals surface area contributed by atoms with Crippen molar-refractivity contribution in [2.75, 3.05) is 6.54 Å². The molecule has 0 bridgehead atoms. The van der Waals surface area contributed by atoms with Crippen molar-refractivity contribution >= 4 is 5.91 Å². The second-order valence-corrected chi connectivity index (χ2v) is 5.25. The fourth-order valence-corrected chi connectivity index (χ4v) is 3.10. The Bertz CT molecular complexity index is 463. The molecule has 18 heavy (non-hydrogen) atoms. The predicted octanol–water partition coefficient (Wildman–Crippen LogP) is 2.94. The van der Waals surface area contributed by atoms with E-state index in [-0.39, 0.29) is 5.91 Å². The maximum atomic E-state index is 12.0. The molecular weight excluding hydrogens is 222 g/mol. The number of hydrogen-bond donors (Lipinski definition) is 0. The molecule has 94 valence electrons. The van der Waals surface area contributed by atoms with E-state index in [1.54, 1.807) is 0 Å². The highest BCUT2D eigenvalue weighted by molar-refractivity contribution is 5.92. The van der Waals surface area contributed by atoms with Crippen LogP contribution in [-0.4, -0.2) is 23.4 Å². The summed E-state index contributed by atoms with van der Waals surface area (Å²) in [5.41, 5.74) is 2.69. The van der Waals surface area contributed by atoms with Gasteiger partial charge in [0.05, 0.1) is 6.04 Å². The lowest BCUT2D eigenvalue weighted by atomic mass is 9.91. The molecule has 0 aromatic heterocycles. The molecule has 1 aliphatic carbocycles. The molecule has 0 saturated heterocycles. The Morgan fingerprint density at radius 2 is 2.00 bits per heavy atom. The number of carbonyl (C=O) groups excluding carboxylic acids is 1. The first-order valence-electron chi connectivity index (χ1n) is 6.89. The van der Waals surface area contributed by atoms with Crippen LogP contribution >= 0.6 is 0 Å². The van der Waals surface area contributed by atoms with Gasteiger partial charge in [-0.2, -0.15) is 0 Å². The summed E-state index contributed by atoms with van der Waals surface area (Å²) < 4.78 is 0. The molecule has 1 aliphatic heterocycles. The standard InChI is InChI=1S/C16H19NO/c18-16-12-14-8-4-5-9-15(14)17(16)11-10-13-6-2-1-3-7-13/h1-3,6-7,12,15H,4-5,8-11H2. The number of benzene rings is 1. The van der Waals surface area contributed by atoms with Gasteiger partial charge < -0.3 is 4.90 Å². The second-order valence-electron chi connectivity index (χ2n) is 5.25. The molecule has 1 aromatic carbocycles. The van der Waals surface area contributed by atoms with E-state index < -0.39 is 0 Å². The summed E-state index contributed by atoms with van der Waals surface area (Å²) in [6.45, 7) is 0.855. The maximum absolute atomic E-state index is 12.0. The van der Waals surface area contributed by atoms with E-state index in [4.69, 9.17) is 0 Å². The molecule has 1 heterocycles. The minimum absolute atomic E-state index is 0.229. The Morgan fingerprint density at radius 3 is 2.83 bits per heavy atom. The molecule has 1 amide bonds. The van der Waals surface area contributed by atoms with E-state index in [9.17, 15) is 4.79 Å². The Hall–Kier alpha value is -1.57. The Kier molecular flexibility index (Phi) is 3.18. The summed E-state index contributed by atoms with van der Waals surface area (Å²) in [5, 5.41) is 0. The summed E-state index contributed by atoms with van der Waals surface area (Å²) >= 11 is 0. The molecule has 2 heteroatoms. The molecule has 2 nitrogen and oxygen atoms in total. The molecule has 1 aromatic rings. The fourth-order valence-electron chi connectivity index (χ4n) is 3.10. The largest absolute Gasteiger partial charge is 0.332 e. The minimum Gasteiger partial charge on any atom is -0.332 e. The third kappa shape index (κ3) is 2.20. The van der Waals surface area contributed by atoms with Crippen LogP contribution in [0.3, 0.4) is 0 Å². The van der Waals surface area contributed by atoms with Crippen molar-refractivity contribution < 1.29 is 4.79 Å². The first-order valence-corrected chi connectivity index (χ1v) is 6.89. The van der Waals surface area contributed by atoms with Crippen LogP contribution in [0.15, 0.2) is 42.0 Å². The number of fused-ring (bicyclic) bond motifs is 1. The van der Waals surface area contributed by atoms with Gasteiger partial charge in [0, 0.05) is 12.6 Å². The Morgan fingerprint density at radius 1 is 1.17 bits per heavy atom. The number of rotatable bonds is 3. The van der Waals surface area contributed by atoms with Gasteiger partial charge in [0.15, 0.2) is 0 Å². The average Bonchev–Trinajstić information content (AvgIpc) is 2.73. The molecule has 1 fully saturated rings. The third-order valence-corrected chi connectivity index (χ3v) is 4.07. The van der Waals surface area contributed by atoms with E-state index >= 15 is 0 Å². The SMILES string of the molecule is O=C1C=C2CCCCC2N1CCc1ccccc1. The van der Waals surface area contributed by atoms with Crippen LogP contribution in [0, 0.1) is 0 Å². The molecule has 0 radical (unpaired) electrons. The highest BCUT2D eigenvalue weighted by atomic mass is 16.2. The van der Waals surface area contributed by atoms with Crippen LogP contribution in [-0.2, 0) is 11.2 Å². The van der Waals surface area contributed by atoms with Gasteiger partial charge in [0.1, 0.15) is 0 Å². The molecule has 2 aliphatic rings. The smallest absolute Gasteiger partial charge is 0.247 e. The fraction of sp³-hybridized carbons (Fsp3) is 0.438. The molecule has 1 atom stereocenters. The molecule has 0 spiro atoms. The highest BCUT2D eigenvalue weighted by Gasteiger charge is 2.33. The second kappa shape index (κ2) is 4.97. The van der Waals surface area contributed by atoms with Gasteiger partial charge in [-0.25, -0.2) is 0 Å². The maximum Gasteiger partial charge on any atom is 0.247 e. The van der Waals surface area contributed by atoms with Crippen molar-refractivity contribution in [3.05, 3.63) is 47.5 Å². The Labute approximate surface area is 108 Å².